The molecule has 1 N–H and O–H groups in total. The molecule has 0 saturated carbocycles. The fraction of sp³-hybridized carbons (Fsp3) is 0.414. The molecule has 0 bridgehead atoms. The van der Waals surface area contributed by atoms with Crippen molar-refractivity contribution in [3.05, 3.63) is 71.6 Å². The standard InChI is InChI=1S/C29H34N2O6/c1-19(2)18-36-29(34)31-16-23(15-27(32)33)25(17-31)22-10-7-11-24(14-22)35-13-12-26-20(3)37-28(30-26)21-8-5-4-6-9-21/h4-11,14,19,23,25H,12-13,15-18H2,1-3H3,(H,32,33)/t23-,25-/m1/s1. The molecular weight excluding hydrogens is 472 g/mol. The number of aromatic nitrogens is 1. The highest BCUT2D eigenvalue weighted by Crippen LogP contribution is 2.36. The van der Waals surface area contributed by atoms with Crippen LogP contribution in [0.4, 0.5) is 4.79 Å². The molecule has 1 fully saturated rings. The minimum absolute atomic E-state index is 0.0150. The molecule has 37 heavy (non-hydrogen) atoms. The van der Waals surface area contributed by atoms with Gasteiger partial charge in [-0.15, -0.1) is 0 Å². The van der Waals surface area contributed by atoms with E-state index >= 15 is 0 Å². The van der Waals surface area contributed by atoms with Crippen LogP contribution in [0.5, 0.6) is 5.75 Å². The summed E-state index contributed by atoms with van der Waals surface area (Å²) in [4.78, 5) is 30.3. The summed E-state index contributed by atoms with van der Waals surface area (Å²) in [6, 6.07) is 17.4. The molecule has 3 aromatic rings. The fourth-order valence-corrected chi connectivity index (χ4v) is 4.62. The Labute approximate surface area is 217 Å². The van der Waals surface area contributed by atoms with Gasteiger partial charge in [-0.25, -0.2) is 9.78 Å². The normalized spacial score (nSPS) is 17.2. The van der Waals surface area contributed by atoms with Crippen molar-refractivity contribution in [2.45, 2.75) is 39.5 Å². The Bertz CT molecular complexity index is 1210. The van der Waals surface area contributed by atoms with E-state index in [1.165, 1.54) is 0 Å². The number of hydrogen-bond donors (Lipinski definition) is 1. The molecule has 4 rings (SSSR count). The van der Waals surface area contributed by atoms with E-state index in [-0.39, 0.29) is 24.2 Å². The molecule has 0 spiro atoms. The minimum atomic E-state index is -0.877. The van der Waals surface area contributed by atoms with Gasteiger partial charge >= 0.3 is 12.1 Å². The van der Waals surface area contributed by atoms with Gasteiger partial charge in [0.1, 0.15) is 11.5 Å². The van der Waals surface area contributed by atoms with Crippen molar-refractivity contribution in [3.8, 4) is 17.2 Å². The number of benzene rings is 2. The van der Waals surface area contributed by atoms with E-state index in [4.69, 9.17) is 13.9 Å². The van der Waals surface area contributed by atoms with E-state index in [0.717, 1.165) is 22.6 Å². The molecule has 0 unspecified atom stereocenters. The summed E-state index contributed by atoms with van der Waals surface area (Å²) >= 11 is 0. The van der Waals surface area contributed by atoms with Gasteiger partial charge in [-0.3, -0.25) is 4.79 Å². The highest BCUT2D eigenvalue weighted by Gasteiger charge is 2.38. The quantitative estimate of drug-likeness (QED) is 0.384. The Kier molecular flexibility index (Phi) is 8.48. The molecule has 2 heterocycles. The average Bonchev–Trinajstić information content (AvgIpc) is 3.46. The molecular formula is C29H34N2O6. The van der Waals surface area contributed by atoms with Gasteiger partial charge in [0.25, 0.3) is 0 Å². The second-order valence-corrected chi connectivity index (χ2v) is 9.90. The van der Waals surface area contributed by atoms with Crippen molar-refractivity contribution in [2.24, 2.45) is 11.8 Å². The van der Waals surface area contributed by atoms with E-state index < -0.39 is 12.1 Å². The van der Waals surface area contributed by atoms with Crippen LogP contribution in [0.1, 0.15) is 43.2 Å². The summed E-state index contributed by atoms with van der Waals surface area (Å²) in [5.41, 5.74) is 2.73. The number of carbonyl (C=O) groups is 2. The monoisotopic (exact) mass is 506 g/mol. The summed E-state index contributed by atoms with van der Waals surface area (Å²) in [6.45, 7) is 7.38. The maximum Gasteiger partial charge on any atom is 0.409 e. The molecule has 196 valence electrons. The molecule has 8 heteroatoms. The number of rotatable bonds is 10. The first kappa shape index (κ1) is 26.3. The zero-order chi connectivity index (χ0) is 26.4. The number of carboxylic acids is 1. The lowest BCUT2D eigenvalue weighted by molar-refractivity contribution is -0.138. The van der Waals surface area contributed by atoms with Crippen LogP contribution >= 0.6 is 0 Å². The van der Waals surface area contributed by atoms with Crippen LogP contribution in [0, 0.1) is 18.8 Å². The van der Waals surface area contributed by atoms with Crippen molar-refractivity contribution >= 4 is 12.1 Å². The number of likely N-dealkylation sites (tertiary alicyclic amines) is 1. The van der Waals surface area contributed by atoms with Crippen molar-refractivity contribution < 1.29 is 28.6 Å². The summed E-state index contributed by atoms with van der Waals surface area (Å²) in [7, 11) is 0. The maximum atomic E-state index is 12.5. The molecule has 8 nitrogen and oxygen atoms in total. The number of nitrogens with zero attached hydrogens (tertiary/aromatic N) is 2. The van der Waals surface area contributed by atoms with Gasteiger partial charge in [0.05, 0.1) is 25.3 Å². The third-order valence-corrected chi connectivity index (χ3v) is 6.48. The van der Waals surface area contributed by atoms with Crippen LogP contribution < -0.4 is 4.74 Å². The smallest absolute Gasteiger partial charge is 0.409 e. The van der Waals surface area contributed by atoms with E-state index in [0.29, 0.717) is 44.4 Å². The Hall–Kier alpha value is -3.81. The predicted octanol–water partition coefficient (Wildman–Crippen LogP) is 5.55. The number of aliphatic carboxylic acids is 1. The molecule has 2 aromatic carbocycles. The lowest BCUT2D eigenvalue weighted by Gasteiger charge is -2.18. The Morgan fingerprint density at radius 2 is 1.92 bits per heavy atom. The van der Waals surface area contributed by atoms with E-state index in [2.05, 4.69) is 4.98 Å². The maximum absolute atomic E-state index is 12.5. The lowest BCUT2D eigenvalue weighted by atomic mass is 9.87. The average molecular weight is 507 g/mol. The highest BCUT2D eigenvalue weighted by atomic mass is 16.6. The molecule has 1 saturated heterocycles. The van der Waals surface area contributed by atoms with Crippen LogP contribution in [-0.2, 0) is 16.0 Å². The summed E-state index contributed by atoms with van der Waals surface area (Å²) in [6.07, 6.45) is 0.183. The first-order valence-electron chi connectivity index (χ1n) is 12.7. The first-order chi connectivity index (χ1) is 17.8. The zero-order valence-electron chi connectivity index (χ0n) is 21.6. The number of carboxylic acid groups (broad SMARTS) is 1. The first-order valence-corrected chi connectivity index (χ1v) is 12.7. The summed E-state index contributed by atoms with van der Waals surface area (Å²) < 4.78 is 17.3. The third-order valence-electron chi connectivity index (χ3n) is 6.48. The predicted molar refractivity (Wildman–Crippen MR) is 139 cm³/mol. The van der Waals surface area contributed by atoms with Gasteiger partial charge < -0.3 is 23.9 Å². The van der Waals surface area contributed by atoms with Gasteiger partial charge in [0.2, 0.25) is 5.89 Å². The molecule has 0 aliphatic carbocycles. The van der Waals surface area contributed by atoms with Crippen molar-refractivity contribution in [2.75, 3.05) is 26.3 Å². The number of ether oxygens (including phenoxy) is 2. The van der Waals surface area contributed by atoms with Crippen LogP contribution in [0.2, 0.25) is 0 Å². The Morgan fingerprint density at radius 3 is 2.65 bits per heavy atom. The fourth-order valence-electron chi connectivity index (χ4n) is 4.62. The van der Waals surface area contributed by atoms with Crippen LogP contribution in [-0.4, -0.2) is 53.4 Å². The molecule has 1 aromatic heterocycles. The highest BCUT2D eigenvalue weighted by molar-refractivity contribution is 5.70. The van der Waals surface area contributed by atoms with Gasteiger partial charge in [-0.1, -0.05) is 44.2 Å². The SMILES string of the molecule is Cc1oc(-c2ccccc2)nc1CCOc1cccc([C@H]2CN(C(=O)OCC(C)C)C[C@H]2CC(=O)O)c1. The van der Waals surface area contributed by atoms with Crippen molar-refractivity contribution in [1.82, 2.24) is 9.88 Å². The molecule has 1 aliphatic rings. The van der Waals surface area contributed by atoms with Gasteiger partial charge in [0, 0.05) is 31.0 Å². The number of amides is 1. The summed E-state index contributed by atoms with van der Waals surface area (Å²) in [5, 5.41) is 9.44. The molecule has 1 aliphatic heterocycles. The van der Waals surface area contributed by atoms with Crippen LogP contribution in [0.15, 0.2) is 59.0 Å². The van der Waals surface area contributed by atoms with Crippen molar-refractivity contribution in [1.29, 1.82) is 0 Å². The van der Waals surface area contributed by atoms with Gasteiger partial charge in [0.15, 0.2) is 0 Å². The largest absolute Gasteiger partial charge is 0.493 e. The zero-order valence-corrected chi connectivity index (χ0v) is 21.6. The number of hydrogen-bond acceptors (Lipinski definition) is 6. The lowest BCUT2D eigenvalue weighted by Crippen LogP contribution is -2.30. The second-order valence-electron chi connectivity index (χ2n) is 9.90. The van der Waals surface area contributed by atoms with E-state index in [1.54, 1.807) is 4.90 Å². The van der Waals surface area contributed by atoms with Crippen molar-refractivity contribution in [3.63, 3.8) is 0 Å². The third kappa shape index (κ3) is 6.90. The minimum Gasteiger partial charge on any atom is -0.493 e. The Balaban J connectivity index is 1.40. The second kappa shape index (κ2) is 12.0. The molecule has 0 radical (unpaired) electrons. The van der Waals surface area contributed by atoms with Crippen LogP contribution in [0.25, 0.3) is 11.5 Å². The topological polar surface area (TPSA) is 102 Å². The summed E-state index contributed by atoms with van der Waals surface area (Å²) in [5.74, 6) is 1.10. The van der Waals surface area contributed by atoms with Gasteiger partial charge in [-0.2, -0.15) is 0 Å². The van der Waals surface area contributed by atoms with Gasteiger partial charge in [-0.05, 0) is 48.6 Å². The number of aryl methyl sites for hydroxylation is 1. The Morgan fingerprint density at radius 1 is 1.14 bits per heavy atom. The van der Waals surface area contributed by atoms with E-state index in [1.807, 2.05) is 75.4 Å². The molecule has 1 amide bonds. The van der Waals surface area contributed by atoms with Crippen LogP contribution in [0.3, 0.4) is 0 Å². The number of carbonyl (C=O) groups excluding carboxylic acids is 1. The number of oxazole rings is 1. The molecule has 2 atom stereocenters. The van der Waals surface area contributed by atoms with E-state index in [9.17, 15) is 14.7 Å².